The molecule has 2 aromatic rings. The van der Waals surface area contributed by atoms with Gasteiger partial charge in [0.15, 0.2) is 0 Å². The number of fused-ring (bicyclic) bond motifs is 1. The molecule has 0 radical (unpaired) electrons. The molecule has 1 N–H and O–H groups in total. The second-order valence-corrected chi connectivity index (χ2v) is 5.13. The molecular formula is C15H19NO2. The zero-order chi connectivity index (χ0) is 13.2. The fourth-order valence-corrected chi connectivity index (χ4v) is 2.06. The van der Waals surface area contributed by atoms with Crippen LogP contribution >= 0.6 is 0 Å². The van der Waals surface area contributed by atoms with Crippen LogP contribution in [0.3, 0.4) is 0 Å². The van der Waals surface area contributed by atoms with Crippen molar-refractivity contribution in [3.63, 3.8) is 0 Å². The normalized spacial score (nSPS) is 13.8. The van der Waals surface area contributed by atoms with E-state index in [0.29, 0.717) is 6.42 Å². The minimum absolute atomic E-state index is 0.351. The maximum absolute atomic E-state index is 10.4. The molecule has 0 saturated heterocycles. The Kier molecular flexibility index (Phi) is 3.64. The van der Waals surface area contributed by atoms with Crippen LogP contribution < -0.4 is 0 Å². The molecule has 1 heterocycles. The minimum Gasteiger partial charge on any atom is -0.388 e. The summed E-state index contributed by atoms with van der Waals surface area (Å²) in [6.45, 7) is 3.93. The standard InChI is InChI=1S/C15H19NO2/c1-15(2,18-3)8-14(17)13-10-16-9-11-6-4-5-7-12(11)13/h4-7,9-10,14,17H,8H2,1-3H3. The van der Waals surface area contributed by atoms with Crippen molar-refractivity contribution < 1.29 is 9.84 Å². The second-order valence-electron chi connectivity index (χ2n) is 5.13. The van der Waals surface area contributed by atoms with Crippen molar-refractivity contribution >= 4 is 10.8 Å². The molecule has 1 unspecified atom stereocenters. The van der Waals surface area contributed by atoms with Gasteiger partial charge in [0, 0.05) is 36.9 Å². The monoisotopic (exact) mass is 245 g/mol. The summed E-state index contributed by atoms with van der Waals surface area (Å²) in [5.74, 6) is 0. The average Bonchev–Trinajstić information content (AvgIpc) is 2.37. The predicted molar refractivity (Wildman–Crippen MR) is 72.4 cm³/mol. The molecular weight excluding hydrogens is 226 g/mol. The van der Waals surface area contributed by atoms with Crippen molar-refractivity contribution in [3.05, 3.63) is 42.2 Å². The highest BCUT2D eigenvalue weighted by Gasteiger charge is 2.23. The van der Waals surface area contributed by atoms with Gasteiger partial charge >= 0.3 is 0 Å². The maximum Gasteiger partial charge on any atom is 0.0838 e. The number of aliphatic hydroxyl groups excluding tert-OH is 1. The molecule has 1 atom stereocenters. The SMILES string of the molecule is COC(C)(C)CC(O)c1cncc2ccccc12. The lowest BCUT2D eigenvalue weighted by atomic mass is 9.94. The van der Waals surface area contributed by atoms with Gasteiger partial charge in [0.2, 0.25) is 0 Å². The zero-order valence-electron chi connectivity index (χ0n) is 11.1. The fourth-order valence-electron chi connectivity index (χ4n) is 2.06. The first-order valence-corrected chi connectivity index (χ1v) is 6.09. The van der Waals surface area contributed by atoms with Gasteiger partial charge < -0.3 is 9.84 Å². The molecule has 3 heteroatoms. The summed E-state index contributed by atoms with van der Waals surface area (Å²) in [5, 5.41) is 12.5. The van der Waals surface area contributed by atoms with Crippen molar-refractivity contribution in [2.45, 2.75) is 32.0 Å². The minimum atomic E-state index is -0.571. The van der Waals surface area contributed by atoms with Gasteiger partial charge in [-0.05, 0) is 19.2 Å². The number of nitrogens with zero attached hydrogens (tertiary/aromatic N) is 1. The Morgan fingerprint density at radius 1 is 1.28 bits per heavy atom. The number of aromatic nitrogens is 1. The van der Waals surface area contributed by atoms with E-state index in [4.69, 9.17) is 4.74 Å². The third-order valence-corrected chi connectivity index (χ3v) is 3.30. The zero-order valence-corrected chi connectivity index (χ0v) is 11.1. The van der Waals surface area contributed by atoms with Crippen LogP contribution in [-0.4, -0.2) is 22.8 Å². The first-order valence-electron chi connectivity index (χ1n) is 6.09. The van der Waals surface area contributed by atoms with Gasteiger partial charge in [-0.2, -0.15) is 0 Å². The van der Waals surface area contributed by atoms with Crippen molar-refractivity contribution in [3.8, 4) is 0 Å². The summed E-state index contributed by atoms with van der Waals surface area (Å²) in [5.41, 5.74) is 0.509. The van der Waals surface area contributed by atoms with Crippen molar-refractivity contribution in [1.29, 1.82) is 0 Å². The summed E-state index contributed by atoms with van der Waals surface area (Å²) < 4.78 is 5.36. The Morgan fingerprint density at radius 3 is 2.72 bits per heavy atom. The van der Waals surface area contributed by atoms with Crippen LogP contribution in [-0.2, 0) is 4.74 Å². The summed E-state index contributed by atoms with van der Waals surface area (Å²) in [6, 6.07) is 7.95. The molecule has 0 aliphatic heterocycles. The molecule has 2 rings (SSSR count). The molecule has 1 aromatic heterocycles. The third-order valence-electron chi connectivity index (χ3n) is 3.30. The summed E-state index contributed by atoms with van der Waals surface area (Å²) >= 11 is 0. The number of aliphatic hydroxyl groups is 1. The smallest absolute Gasteiger partial charge is 0.0838 e. The van der Waals surface area contributed by atoms with E-state index in [1.807, 2.05) is 44.3 Å². The third kappa shape index (κ3) is 2.68. The molecule has 18 heavy (non-hydrogen) atoms. The van der Waals surface area contributed by atoms with Gasteiger partial charge in [-0.3, -0.25) is 4.98 Å². The van der Waals surface area contributed by atoms with E-state index in [0.717, 1.165) is 16.3 Å². The lowest BCUT2D eigenvalue weighted by molar-refractivity contribution is -0.0198. The number of ether oxygens (including phenoxy) is 1. The average molecular weight is 245 g/mol. The Hall–Kier alpha value is -1.45. The largest absolute Gasteiger partial charge is 0.388 e. The highest BCUT2D eigenvalue weighted by atomic mass is 16.5. The topological polar surface area (TPSA) is 42.4 Å². The second kappa shape index (κ2) is 5.04. The van der Waals surface area contributed by atoms with E-state index in [2.05, 4.69) is 4.98 Å². The summed E-state index contributed by atoms with van der Waals surface area (Å²) in [7, 11) is 1.66. The number of pyridine rings is 1. The molecule has 0 spiro atoms. The molecule has 0 saturated carbocycles. The van der Waals surface area contributed by atoms with Crippen LogP contribution in [0.5, 0.6) is 0 Å². The Bertz CT molecular complexity index is 532. The van der Waals surface area contributed by atoms with Gasteiger partial charge in [-0.25, -0.2) is 0 Å². The van der Waals surface area contributed by atoms with Gasteiger partial charge in [0.1, 0.15) is 0 Å². The lowest BCUT2D eigenvalue weighted by Crippen LogP contribution is -2.25. The Labute approximate surface area is 107 Å². The molecule has 1 aromatic carbocycles. The molecule has 3 nitrogen and oxygen atoms in total. The highest BCUT2D eigenvalue weighted by molar-refractivity contribution is 5.84. The van der Waals surface area contributed by atoms with Gasteiger partial charge in [0.05, 0.1) is 11.7 Å². The molecule has 0 aliphatic rings. The molecule has 0 aliphatic carbocycles. The van der Waals surface area contributed by atoms with Crippen LogP contribution in [0.1, 0.15) is 31.9 Å². The van der Waals surface area contributed by atoms with Gasteiger partial charge in [-0.15, -0.1) is 0 Å². The number of rotatable bonds is 4. The molecule has 0 fully saturated rings. The summed E-state index contributed by atoms with van der Waals surface area (Å²) in [4.78, 5) is 4.19. The van der Waals surface area contributed by atoms with E-state index in [1.54, 1.807) is 13.3 Å². The van der Waals surface area contributed by atoms with E-state index >= 15 is 0 Å². The van der Waals surface area contributed by atoms with Crippen LogP contribution in [0, 0.1) is 0 Å². The number of methoxy groups -OCH3 is 1. The molecule has 96 valence electrons. The van der Waals surface area contributed by atoms with Crippen LogP contribution in [0.15, 0.2) is 36.7 Å². The quantitative estimate of drug-likeness (QED) is 0.900. The molecule has 0 bridgehead atoms. The van der Waals surface area contributed by atoms with E-state index < -0.39 is 6.10 Å². The molecule has 0 amide bonds. The van der Waals surface area contributed by atoms with Crippen LogP contribution in [0.25, 0.3) is 10.8 Å². The predicted octanol–water partition coefficient (Wildman–Crippen LogP) is 3.08. The van der Waals surface area contributed by atoms with Crippen molar-refractivity contribution in [2.24, 2.45) is 0 Å². The number of hydrogen-bond donors (Lipinski definition) is 1. The highest BCUT2D eigenvalue weighted by Crippen LogP contribution is 2.29. The van der Waals surface area contributed by atoms with Gasteiger partial charge in [-0.1, -0.05) is 24.3 Å². The fraction of sp³-hybridized carbons (Fsp3) is 0.400. The van der Waals surface area contributed by atoms with E-state index in [1.165, 1.54) is 0 Å². The number of hydrogen-bond acceptors (Lipinski definition) is 3. The van der Waals surface area contributed by atoms with Gasteiger partial charge in [0.25, 0.3) is 0 Å². The first kappa shape index (κ1) is 13.0. The van der Waals surface area contributed by atoms with Crippen LogP contribution in [0.2, 0.25) is 0 Å². The Balaban J connectivity index is 2.36. The van der Waals surface area contributed by atoms with E-state index in [9.17, 15) is 5.11 Å². The van der Waals surface area contributed by atoms with E-state index in [-0.39, 0.29) is 5.60 Å². The lowest BCUT2D eigenvalue weighted by Gasteiger charge is -2.26. The van der Waals surface area contributed by atoms with Crippen molar-refractivity contribution in [1.82, 2.24) is 4.98 Å². The maximum atomic E-state index is 10.4. The Morgan fingerprint density at radius 2 is 2.00 bits per heavy atom. The van der Waals surface area contributed by atoms with Crippen molar-refractivity contribution in [2.75, 3.05) is 7.11 Å². The first-order chi connectivity index (χ1) is 8.53. The number of benzene rings is 1. The summed E-state index contributed by atoms with van der Waals surface area (Å²) in [6.07, 6.45) is 3.52. The van der Waals surface area contributed by atoms with Crippen LogP contribution in [0.4, 0.5) is 0 Å².